The number of nitrogens with one attached hydrogen (secondary N) is 2. The van der Waals surface area contributed by atoms with Crippen molar-refractivity contribution in [3.05, 3.63) is 16.4 Å². The van der Waals surface area contributed by atoms with Crippen molar-refractivity contribution in [2.75, 3.05) is 32.8 Å². The van der Waals surface area contributed by atoms with Gasteiger partial charge in [-0.1, -0.05) is 46.5 Å². The molecule has 210 valence electrons. The second-order valence-corrected chi connectivity index (χ2v) is 11.0. The quantitative estimate of drug-likeness (QED) is 0.340. The van der Waals surface area contributed by atoms with Gasteiger partial charge in [-0.05, 0) is 37.0 Å². The number of ketones is 1. The summed E-state index contributed by atoms with van der Waals surface area (Å²) >= 11 is 0. The molecule has 1 aliphatic heterocycles. The Morgan fingerprint density at radius 1 is 1.08 bits per heavy atom. The number of aromatic nitrogens is 2. The van der Waals surface area contributed by atoms with Crippen LogP contribution in [0.25, 0.3) is 0 Å². The van der Waals surface area contributed by atoms with Crippen molar-refractivity contribution in [3.63, 3.8) is 0 Å². The Kier molecular flexibility index (Phi) is 11.1. The van der Waals surface area contributed by atoms with Crippen LogP contribution in [0.4, 0.5) is 0 Å². The van der Waals surface area contributed by atoms with E-state index in [1.807, 2.05) is 27.7 Å². The summed E-state index contributed by atoms with van der Waals surface area (Å²) in [6.45, 7) is 11.5. The van der Waals surface area contributed by atoms with Gasteiger partial charge >= 0.3 is 5.76 Å². The monoisotopic (exact) mass is 531 g/mol. The summed E-state index contributed by atoms with van der Waals surface area (Å²) in [5, 5.41) is 9.85. The molecule has 1 aliphatic carbocycles. The van der Waals surface area contributed by atoms with E-state index in [4.69, 9.17) is 9.15 Å². The van der Waals surface area contributed by atoms with Crippen molar-refractivity contribution in [1.82, 2.24) is 25.3 Å². The van der Waals surface area contributed by atoms with Crippen LogP contribution in [0.2, 0.25) is 0 Å². The van der Waals surface area contributed by atoms with E-state index in [0.717, 1.165) is 30.6 Å². The summed E-state index contributed by atoms with van der Waals surface area (Å²) in [5.41, 5.74) is 0. The largest absolute Gasteiger partial charge is 0.437 e. The highest BCUT2D eigenvalue weighted by Crippen LogP contribution is 2.25. The van der Waals surface area contributed by atoms with E-state index in [-0.39, 0.29) is 29.7 Å². The van der Waals surface area contributed by atoms with E-state index in [0.29, 0.717) is 45.6 Å². The van der Waals surface area contributed by atoms with Crippen molar-refractivity contribution in [2.24, 2.45) is 17.8 Å². The molecule has 0 spiro atoms. The molecule has 11 heteroatoms. The number of amides is 2. The Bertz CT molecular complexity index is 1080. The number of carbonyl (C=O) groups excluding carboxylic acids is 3. The van der Waals surface area contributed by atoms with Crippen molar-refractivity contribution >= 4 is 17.6 Å². The van der Waals surface area contributed by atoms with Gasteiger partial charge in [0.15, 0.2) is 0 Å². The molecule has 0 radical (unpaired) electrons. The number of morpholine rings is 1. The lowest BCUT2D eigenvalue weighted by Gasteiger charge is -2.32. The SMILES string of the molecule is CC(C)CC(NC(=O)[C@@H]1CCCC[C@@H]1NC(=O)C#CCN1CCOCC1)C(=O)c1nn(CC(C)C)c(=O)o1. The molecule has 0 bridgehead atoms. The molecule has 1 unspecified atom stereocenters. The van der Waals surface area contributed by atoms with Crippen molar-refractivity contribution < 1.29 is 23.5 Å². The van der Waals surface area contributed by atoms with Crippen LogP contribution in [0.5, 0.6) is 0 Å². The summed E-state index contributed by atoms with van der Waals surface area (Å²) in [6.07, 6.45) is 3.36. The van der Waals surface area contributed by atoms with Gasteiger partial charge in [0.2, 0.25) is 11.7 Å². The minimum atomic E-state index is -0.889. The summed E-state index contributed by atoms with van der Waals surface area (Å²) in [7, 11) is 0. The Balaban J connectivity index is 1.65. The third-order valence-electron chi connectivity index (χ3n) is 6.72. The third kappa shape index (κ3) is 8.81. The molecule has 2 aliphatic rings. The number of Topliss-reactive ketones (excluding diaryl/α,β-unsaturated/α-hetero) is 1. The minimum Gasteiger partial charge on any atom is -0.384 e. The molecule has 2 heterocycles. The van der Waals surface area contributed by atoms with Crippen LogP contribution in [-0.4, -0.2) is 77.2 Å². The summed E-state index contributed by atoms with van der Waals surface area (Å²) in [4.78, 5) is 53.4. The van der Waals surface area contributed by atoms with Crippen LogP contribution >= 0.6 is 0 Å². The van der Waals surface area contributed by atoms with E-state index in [1.54, 1.807) is 0 Å². The number of ether oxygens (including phenoxy) is 1. The number of rotatable bonds is 10. The van der Waals surface area contributed by atoms with Gasteiger partial charge in [0.25, 0.3) is 11.8 Å². The first-order valence-corrected chi connectivity index (χ1v) is 13.7. The average molecular weight is 532 g/mol. The normalized spacial score (nSPS) is 21.0. The van der Waals surface area contributed by atoms with Crippen LogP contribution in [0.15, 0.2) is 9.21 Å². The molecule has 1 saturated carbocycles. The second kappa shape index (κ2) is 14.3. The van der Waals surface area contributed by atoms with Gasteiger partial charge in [0.1, 0.15) is 0 Å². The number of nitrogens with zero attached hydrogens (tertiary/aromatic N) is 3. The molecule has 3 atom stereocenters. The number of carbonyl (C=O) groups is 3. The van der Waals surface area contributed by atoms with Gasteiger partial charge in [-0.3, -0.25) is 19.3 Å². The van der Waals surface area contributed by atoms with Crippen molar-refractivity contribution in [3.8, 4) is 11.8 Å². The van der Waals surface area contributed by atoms with Gasteiger partial charge in [0.05, 0.1) is 38.3 Å². The zero-order chi connectivity index (χ0) is 27.7. The highest BCUT2D eigenvalue weighted by atomic mass is 16.5. The standard InChI is InChI=1S/C27H41N5O6/c1-18(2)16-22(24(34)26-30-32(17-19(3)4)27(36)38-26)29-25(35)20-8-5-6-9-21(20)28-23(33)10-7-11-31-12-14-37-15-13-31/h18-22H,5-6,8-9,11-17H2,1-4H3,(H,28,33)(H,29,35)/t20-,21+,22?/m1/s1. The predicted molar refractivity (Wildman–Crippen MR) is 140 cm³/mol. The maximum Gasteiger partial charge on any atom is 0.437 e. The van der Waals surface area contributed by atoms with E-state index < -0.39 is 29.4 Å². The molecular weight excluding hydrogens is 490 g/mol. The highest BCUT2D eigenvalue weighted by molar-refractivity contribution is 5.99. The molecule has 11 nitrogen and oxygen atoms in total. The average Bonchev–Trinajstić information content (AvgIpc) is 3.23. The fourth-order valence-electron chi connectivity index (χ4n) is 4.81. The zero-order valence-electron chi connectivity index (χ0n) is 23.0. The maximum absolute atomic E-state index is 13.4. The van der Waals surface area contributed by atoms with E-state index >= 15 is 0 Å². The van der Waals surface area contributed by atoms with E-state index in [1.165, 1.54) is 0 Å². The first-order chi connectivity index (χ1) is 18.1. The molecule has 2 N–H and O–H groups in total. The topological polar surface area (TPSA) is 136 Å². The Labute approximate surface area is 224 Å². The molecule has 2 fully saturated rings. The van der Waals surface area contributed by atoms with Gasteiger partial charge in [0, 0.05) is 19.1 Å². The molecule has 38 heavy (non-hydrogen) atoms. The molecule has 1 saturated heterocycles. The number of hydrogen-bond donors (Lipinski definition) is 2. The Hall–Kier alpha value is -2.97. The summed E-state index contributed by atoms with van der Waals surface area (Å²) in [5.74, 6) is 3.08. The smallest absolute Gasteiger partial charge is 0.384 e. The third-order valence-corrected chi connectivity index (χ3v) is 6.72. The predicted octanol–water partition coefficient (Wildman–Crippen LogP) is 1.22. The van der Waals surface area contributed by atoms with Crippen molar-refractivity contribution in [2.45, 2.75) is 78.4 Å². The van der Waals surface area contributed by atoms with Gasteiger partial charge in [-0.15, -0.1) is 5.10 Å². The van der Waals surface area contributed by atoms with Gasteiger partial charge in [-0.25, -0.2) is 4.79 Å². The second-order valence-electron chi connectivity index (χ2n) is 11.0. The Morgan fingerprint density at radius 2 is 1.79 bits per heavy atom. The van der Waals surface area contributed by atoms with Crippen LogP contribution in [-0.2, 0) is 20.9 Å². The van der Waals surface area contributed by atoms with Gasteiger partial charge in [-0.2, -0.15) is 4.68 Å². The van der Waals surface area contributed by atoms with Crippen molar-refractivity contribution in [1.29, 1.82) is 0 Å². The number of hydrogen-bond acceptors (Lipinski definition) is 8. The fraction of sp³-hybridized carbons (Fsp3) is 0.741. The van der Waals surface area contributed by atoms with E-state index in [9.17, 15) is 19.2 Å². The fourth-order valence-corrected chi connectivity index (χ4v) is 4.81. The van der Waals surface area contributed by atoms with Crippen LogP contribution in [0, 0.1) is 29.6 Å². The van der Waals surface area contributed by atoms with Crippen LogP contribution in [0.3, 0.4) is 0 Å². The lowest BCUT2D eigenvalue weighted by atomic mass is 9.83. The first-order valence-electron chi connectivity index (χ1n) is 13.7. The molecule has 2 amide bonds. The lowest BCUT2D eigenvalue weighted by Crippen LogP contribution is -2.51. The van der Waals surface area contributed by atoms with E-state index in [2.05, 4.69) is 32.5 Å². The molecular formula is C27H41N5O6. The molecule has 3 rings (SSSR count). The summed E-state index contributed by atoms with van der Waals surface area (Å²) < 4.78 is 11.6. The molecule has 0 aromatic carbocycles. The zero-order valence-corrected chi connectivity index (χ0v) is 23.0. The maximum atomic E-state index is 13.4. The minimum absolute atomic E-state index is 0.0947. The van der Waals surface area contributed by atoms with Crippen LogP contribution < -0.4 is 16.4 Å². The molecule has 1 aromatic heterocycles. The lowest BCUT2D eigenvalue weighted by molar-refractivity contribution is -0.128. The highest BCUT2D eigenvalue weighted by Gasteiger charge is 2.35. The Morgan fingerprint density at radius 3 is 2.47 bits per heavy atom. The first kappa shape index (κ1) is 29.6. The van der Waals surface area contributed by atoms with Gasteiger partial charge < -0.3 is 19.8 Å². The van der Waals surface area contributed by atoms with Crippen LogP contribution in [0.1, 0.15) is 70.5 Å². The molecule has 1 aromatic rings. The summed E-state index contributed by atoms with van der Waals surface area (Å²) in [6, 6.07) is -1.26.